The van der Waals surface area contributed by atoms with Crippen molar-refractivity contribution in [1.82, 2.24) is 20.9 Å². The van der Waals surface area contributed by atoms with Crippen molar-refractivity contribution < 1.29 is 9.59 Å². The van der Waals surface area contributed by atoms with Crippen LogP contribution in [0.2, 0.25) is 0 Å². The lowest BCUT2D eigenvalue weighted by molar-refractivity contribution is -0.124. The van der Waals surface area contributed by atoms with Crippen molar-refractivity contribution in [3.05, 3.63) is 0 Å². The molecule has 0 bridgehead atoms. The molecule has 0 unspecified atom stereocenters. The van der Waals surface area contributed by atoms with Gasteiger partial charge in [0.05, 0.1) is 6.54 Å². The highest BCUT2D eigenvalue weighted by Gasteiger charge is 2.27. The Balaban J connectivity index is 2.31. The molecule has 7 heteroatoms. The van der Waals surface area contributed by atoms with Crippen LogP contribution in [0, 0.1) is 0 Å². The normalized spacial score (nSPS) is 16.5. The predicted octanol–water partition coefficient (Wildman–Crippen LogP) is -0.888. The molecule has 1 aliphatic heterocycles. The molecule has 0 atom stereocenters. The van der Waals surface area contributed by atoms with Crippen LogP contribution in [0.3, 0.4) is 0 Å². The Morgan fingerprint density at radius 2 is 2.24 bits per heavy atom. The molecule has 0 spiro atoms. The van der Waals surface area contributed by atoms with Crippen LogP contribution in [0.25, 0.3) is 0 Å². The molecule has 1 aliphatic rings. The molecule has 1 fully saturated rings. The number of amides is 3. The second-order valence-electron chi connectivity index (χ2n) is 4.00. The number of carbonyl (C=O) groups excluding carboxylic acids is 2. The smallest absolute Gasteiger partial charge is 0.324 e. The van der Waals surface area contributed by atoms with Gasteiger partial charge in [0.2, 0.25) is 5.91 Å². The van der Waals surface area contributed by atoms with Crippen molar-refractivity contribution in [3.63, 3.8) is 0 Å². The first-order valence-electron chi connectivity index (χ1n) is 5.60. The lowest BCUT2D eigenvalue weighted by Gasteiger charge is -2.16. The molecule has 0 aromatic rings. The fourth-order valence-electron chi connectivity index (χ4n) is 1.44. The summed E-state index contributed by atoms with van der Waals surface area (Å²) in [5, 5.41) is 8.61. The molecule has 0 aromatic heterocycles. The van der Waals surface area contributed by atoms with E-state index in [9.17, 15) is 9.59 Å². The maximum atomic E-state index is 11.3. The average molecular weight is 241 g/mol. The molecule has 1 rings (SSSR count). The van der Waals surface area contributed by atoms with E-state index in [1.54, 1.807) is 7.05 Å². The summed E-state index contributed by atoms with van der Waals surface area (Å²) in [6.45, 7) is 4.92. The van der Waals surface area contributed by atoms with Crippen molar-refractivity contribution in [2.45, 2.75) is 19.9 Å². The van der Waals surface area contributed by atoms with Gasteiger partial charge in [0.15, 0.2) is 5.96 Å². The van der Waals surface area contributed by atoms with Gasteiger partial charge in [-0.1, -0.05) is 0 Å². The van der Waals surface area contributed by atoms with Gasteiger partial charge in [-0.2, -0.15) is 0 Å². The number of imide groups is 1. The van der Waals surface area contributed by atoms with E-state index in [0.29, 0.717) is 19.0 Å². The Bertz CT molecular complexity index is 311. The Labute approximate surface area is 101 Å². The van der Waals surface area contributed by atoms with Crippen LogP contribution in [0.5, 0.6) is 0 Å². The van der Waals surface area contributed by atoms with E-state index in [4.69, 9.17) is 0 Å². The number of hydrogen-bond donors (Lipinski definition) is 3. The van der Waals surface area contributed by atoms with E-state index in [1.807, 2.05) is 13.8 Å². The maximum absolute atomic E-state index is 11.3. The van der Waals surface area contributed by atoms with Crippen molar-refractivity contribution in [2.24, 2.45) is 4.99 Å². The van der Waals surface area contributed by atoms with Gasteiger partial charge in [0.25, 0.3) is 0 Å². The molecule has 1 saturated heterocycles. The number of hydrogen-bond acceptors (Lipinski definition) is 3. The second kappa shape index (κ2) is 6.07. The van der Waals surface area contributed by atoms with Crippen LogP contribution in [0.1, 0.15) is 13.8 Å². The van der Waals surface area contributed by atoms with Crippen molar-refractivity contribution in [2.75, 3.05) is 26.7 Å². The van der Waals surface area contributed by atoms with Crippen molar-refractivity contribution >= 4 is 17.9 Å². The zero-order valence-electron chi connectivity index (χ0n) is 10.4. The highest BCUT2D eigenvalue weighted by molar-refractivity contribution is 6.01. The SMILES string of the molecule is CN=C(NCCN1C(=O)CNC1=O)NC(C)C. The highest BCUT2D eigenvalue weighted by atomic mass is 16.2. The van der Waals surface area contributed by atoms with Gasteiger partial charge in [0.1, 0.15) is 0 Å². The Kier molecular flexibility index (Phi) is 4.74. The zero-order valence-corrected chi connectivity index (χ0v) is 10.4. The summed E-state index contributed by atoms with van der Waals surface area (Å²) in [5.41, 5.74) is 0. The quantitative estimate of drug-likeness (QED) is 0.339. The highest BCUT2D eigenvalue weighted by Crippen LogP contribution is 1.96. The standard InChI is InChI=1S/C10H19N5O2/c1-7(2)14-9(11-3)12-4-5-15-8(16)6-13-10(15)17/h7H,4-6H2,1-3H3,(H,13,17)(H2,11,12,14). The fraction of sp³-hybridized carbons (Fsp3) is 0.700. The lowest BCUT2D eigenvalue weighted by atomic mass is 10.4. The summed E-state index contributed by atoms with van der Waals surface area (Å²) in [5.74, 6) is 0.468. The van der Waals surface area contributed by atoms with Crippen LogP contribution < -0.4 is 16.0 Å². The van der Waals surface area contributed by atoms with Gasteiger partial charge in [-0.25, -0.2) is 4.79 Å². The molecule has 17 heavy (non-hydrogen) atoms. The molecule has 1 heterocycles. The molecule has 0 saturated carbocycles. The Morgan fingerprint density at radius 3 is 2.71 bits per heavy atom. The van der Waals surface area contributed by atoms with Crippen molar-refractivity contribution in [1.29, 1.82) is 0 Å². The van der Waals surface area contributed by atoms with Crippen LogP contribution in [-0.4, -0.2) is 55.5 Å². The van der Waals surface area contributed by atoms with Crippen LogP contribution in [0.4, 0.5) is 4.79 Å². The predicted molar refractivity (Wildman–Crippen MR) is 64.7 cm³/mol. The van der Waals surface area contributed by atoms with Gasteiger partial charge in [0, 0.05) is 26.2 Å². The Morgan fingerprint density at radius 1 is 1.53 bits per heavy atom. The molecule has 96 valence electrons. The minimum Gasteiger partial charge on any atom is -0.355 e. The average Bonchev–Trinajstić information content (AvgIpc) is 2.58. The topological polar surface area (TPSA) is 85.8 Å². The summed E-state index contributed by atoms with van der Waals surface area (Å²) < 4.78 is 0. The van der Waals surface area contributed by atoms with Gasteiger partial charge >= 0.3 is 6.03 Å². The first-order valence-corrected chi connectivity index (χ1v) is 5.60. The van der Waals surface area contributed by atoms with Gasteiger partial charge in [-0.15, -0.1) is 0 Å². The number of guanidine groups is 1. The lowest BCUT2D eigenvalue weighted by Crippen LogP contribution is -2.45. The first kappa shape index (κ1) is 13.3. The molecule has 0 aliphatic carbocycles. The Hall–Kier alpha value is -1.79. The number of urea groups is 1. The third-order valence-corrected chi connectivity index (χ3v) is 2.21. The van der Waals surface area contributed by atoms with E-state index >= 15 is 0 Å². The zero-order chi connectivity index (χ0) is 12.8. The second-order valence-corrected chi connectivity index (χ2v) is 4.00. The summed E-state index contributed by atoms with van der Waals surface area (Å²) in [6, 6.07) is -0.0541. The van der Waals surface area contributed by atoms with Gasteiger partial charge < -0.3 is 16.0 Å². The van der Waals surface area contributed by atoms with Crippen LogP contribution in [0.15, 0.2) is 4.99 Å². The molecular formula is C10H19N5O2. The molecule has 3 amide bonds. The minimum absolute atomic E-state index is 0.0950. The fourth-order valence-corrected chi connectivity index (χ4v) is 1.44. The first-order chi connectivity index (χ1) is 8.04. The number of nitrogens with zero attached hydrogens (tertiary/aromatic N) is 2. The van der Waals surface area contributed by atoms with E-state index in [1.165, 1.54) is 4.90 Å². The van der Waals surface area contributed by atoms with Crippen molar-refractivity contribution in [3.8, 4) is 0 Å². The molecule has 7 nitrogen and oxygen atoms in total. The summed E-state index contributed by atoms with van der Waals surface area (Å²) in [4.78, 5) is 27.7. The number of nitrogens with one attached hydrogen (secondary N) is 3. The summed E-state index contributed by atoms with van der Waals surface area (Å²) >= 11 is 0. The summed E-state index contributed by atoms with van der Waals surface area (Å²) in [7, 11) is 1.67. The van der Waals surface area contributed by atoms with Crippen LogP contribution in [-0.2, 0) is 4.79 Å². The number of rotatable bonds is 4. The molecule has 0 aromatic carbocycles. The monoisotopic (exact) mass is 241 g/mol. The third kappa shape index (κ3) is 3.93. The maximum Gasteiger partial charge on any atom is 0.324 e. The number of aliphatic imine (C=N–C) groups is 1. The van der Waals surface area contributed by atoms with E-state index in [2.05, 4.69) is 20.9 Å². The van der Waals surface area contributed by atoms with Gasteiger partial charge in [-0.05, 0) is 13.8 Å². The van der Waals surface area contributed by atoms with E-state index in [-0.39, 0.29) is 24.5 Å². The summed E-state index contributed by atoms with van der Waals surface area (Å²) in [6.07, 6.45) is 0. The third-order valence-electron chi connectivity index (χ3n) is 2.21. The van der Waals surface area contributed by atoms with E-state index < -0.39 is 0 Å². The van der Waals surface area contributed by atoms with Crippen LogP contribution >= 0.6 is 0 Å². The molecule has 0 radical (unpaired) electrons. The number of carbonyl (C=O) groups is 2. The minimum atomic E-state index is -0.330. The van der Waals surface area contributed by atoms with E-state index in [0.717, 1.165) is 0 Å². The molecule has 3 N–H and O–H groups in total. The largest absolute Gasteiger partial charge is 0.355 e. The molecular weight excluding hydrogens is 222 g/mol. The van der Waals surface area contributed by atoms with Gasteiger partial charge in [-0.3, -0.25) is 14.7 Å².